The van der Waals surface area contributed by atoms with E-state index in [-0.39, 0.29) is 6.61 Å². The number of nitrogens with one attached hydrogen (secondary N) is 1. The lowest BCUT2D eigenvalue weighted by atomic mass is 10.1. The molecule has 0 unspecified atom stereocenters. The number of halogens is 1. The largest absolute Gasteiger partial charge is 0.491 e. The van der Waals surface area contributed by atoms with Crippen LogP contribution in [0.1, 0.15) is 0 Å². The number of aromatic amines is 1. The first-order chi connectivity index (χ1) is 14.7. The van der Waals surface area contributed by atoms with Crippen LogP contribution in [0.4, 0.5) is 10.1 Å². The highest BCUT2D eigenvalue weighted by Crippen LogP contribution is 2.26. The van der Waals surface area contributed by atoms with Crippen LogP contribution in [0.2, 0.25) is 0 Å². The number of aromatic nitrogens is 2. The van der Waals surface area contributed by atoms with Crippen LogP contribution >= 0.6 is 0 Å². The zero-order valence-electron chi connectivity index (χ0n) is 17.4. The Kier molecular flexibility index (Phi) is 8.23. The third kappa shape index (κ3) is 6.30. The van der Waals surface area contributed by atoms with Gasteiger partial charge in [-0.3, -0.25) is 5.10 Å². The summed E-state index contributed by atoms with van der Waals surface area (Å²) in [4.78, 5) is 2.07. The zero-order valence-corrected chi connectivity index (χ0v) is 17.4. The molecule has 0 saturated carbocycles. The smallest absolute Gasteiger partial charge is 0.119 e. The minimum Gasteiger partial charge on any atom is -0.491 e. The maximum atomic E-state index is 11.9. The van der Waals surface area contributed by atoms with E-state index in [0.717, 1.165) is 34.0 Å². The van der Waals surface area contributed by atoms with Crippen molar-refractivity contribution >= 4 is 5.69 Å². The van der Waals surface area contributed by atoms with Crippen molar-refractivity contribution < 1.29 is 18.6 Å². The number of rotatable bonds is 12. The SMILES string of the molecule is CN(C)c1ccc(-c2cc(-c3ccc(OCCOCCOCCF)cc3)n[nH]2)cc1. The van der Waals surface area contributed by atoms with Gasteiger partial charge in [0.15, 0.2) is 0 Å². The molecule has 7 heteroatoms. The fourth-order valence-electron chi connectivity index (χ4n) is 2.87. The number of anilines is 1. The minimum atomic E-state index is -0.470. The van der Waals surface area contributed by atoms with E-state index < -0.39 is 6.67 Å². The van der Waals surface area contributed by atoms with E-state index in [4.69, 9.17) is 14.2 Å². The summed E-state index contributed by atoms with van der Waals surface area (Å²) in [6.45, 7) is 1.37. The summed E-state index contributed by atoms with van der Waals surface area (Å²) < 4.78 is 27.9. The average Bonchev–Trinajstić information content (AvgIpc) is 3.26. The van der Waals surface area contributed by atoms with E-state index in [2.05, 4.69) is 39.4 Å². The molecule has 0 amide bonds. The predicted molar refractivity (Wildman–Crippen MR) is 117 cm³/mol. The quantitative estimate of drug-likeness (QED) is 0.451. The maximum absolute atomic E-state index is 11.9. The molecule has 0 aliphatic rings. The molecule has 0 aliphatic carbocycles. The highest BCUT2D eigenvalue weighted by atomic mass is 19.1. The Hall–Kier alpha value is -2.90. The number of nitrogens with zero attached hydrogens (tertiary/aromatic N) is 2. The molecule has 0 bridgehead atoms. The summed E-state index contributed by atoms with van der Waals surface area (Å²) in [5, 5.41) is 7.54. The molecule has 3 rings (SSSR count). The molecule has 30 heavy (non-hydrogen) atoms. The second-order valence-corrected chi connectivity index (χ2v) is 6.89. The van der Waals surface area contributed by atoms with E-state index >= 15 is 0 Å². The second-order valence-electron chi connectivity index (χ2n) is 6.89. The van der Waals surface area contributed by atoms with Crippen LogP contribution < -0.4 is 9.64 Å². The molecule has 160 valence electrons. The monoisotopic (exact) mass is 413 g/mol. The number of H-pyrrole nitrogens is 1. The second kappa shape index (κ2) is 11.3. The molecule has 1 aromatic heterocycles. The molecule has 0 spiro atoms. The van der Waals surface area contributed by atoms with Crippen LogP contribution in [-0.2, 0) is 9.47 Å². The number of alkyl halides is 1. The van der Waals surface area contributed by atoms with Gasteiger partial charge >= 0.3 is 0 Å². The summed E-state index contributed by atoms with van der Waals surface area (Å²) in [7, 11) is 4.05. The first-order valence-corrected chi connectivity index (χ1v) is 9.95. The van der Waals surface area contributed by atoms with Crippen LogP contribution in [0.15, 0.2) is 54.6 Å². The third-order valence-corrected chi connectivity index (χ3v) is 4.51. The number of ether oxygens (including phenoxy) is 3. The molecular weight excluding hydrogens is 385 g/mol. The predicted octanol–water partition coefficient (Wildman–Crippen LogP) is 4.19. The van der Waals surface area contributed by atoms with Gasteiger partial charge in [-0.2, -0.15) is 5.10 Å². The fourth-order valence-corrected chi connectivity index (χ4v) is 2.87. The Balaban J connectivity index is 1.48. The first kappa shape index (κ1) is 21.8. The van der Waals surface area contributed by atoms with Gasteiger partial charge in [-0.15, -0.1) is 0 Å². The van der Waals surface area contributed by atoms with Gasteiger partial charge in [-0.25, -0.2) is 4.39 Å². The topological polar surface area (TPSA) is 59.6 Å². The lowest BCUT2D eigenvalue weighted by Crippen LogP contribution is -2.11. The molecular formula is C23H28FN3O3. The third-order valence-electron chi connectivity index (χ3n) is 4.51. The highest BCUT2D eigenvalue weighted by molar-refractivity contribution is 5.69. The first-order valence-electron chi connectivity index (χ1n) is 9.95. The van der Waals surface area contributed by atoms with Crippen molar-refractivity contribution in [3.05, 3.63) is 54.6 Å². The summed E-state index contributed by atoms with van der Waals surface area (Å²) in [5.41, 5.74) is 5.11. The van der Waals surface area contributed by atoms with Gasteiger partial charge in [0.2, 0.25) is 0 Å². The van der Waals surface area contributed by atoms with Gasteiger partial charge in [0.05, 0.1) is 37.8 Å². The molecule has 0 radical (unpaired) electrons. The van der Waals surface area contributed by atoms with Gasteiger partial charge in [-0.1, -0.05) is 12.1 Å². The summed E-state index contributed by atoms with van der Waals surface area (Å²) in [5.74, 6) is 0.770. The van der Waals surface area contributed by atoms with Gasteiger partial charge in [0.1, 0.15) is 19.0 Å². The Labute approximate surface area is 176 Å². The van der Waals surface area contributed by atoms with Gasteiger partial charge in [0, 0.05) is 25.3 Å². The molecule has 2 aromatic carbocycles. The Bertz CT molecular complexity index is 879. The molecule has 0 atom stereocenters. The van der Waals surface area contributed by atoms with Gasteiger partial charge in [0.25, 0.3) is 0 Å². The molecule has 0 fully saturated rings. The van der Waals surface area contributed by atoms with Crippen molar-refractivity contribution in [2.45, 2.75) is 0 Å². The lowest BCUT2D eigenvalue weighted by molar-refractivity contribution is 0.0325. The molecule has 3 aromatic rings. The van der Waals surface area contributed by atoms with Gasteiger partial charge < -0.3 is 19.1 Å². The van der Waals surface area contributed by atoms with Crippen LogP contribution in [0.5, 0.6) is 5.75 Å². The van der Waals surface area contributed by atoms with Crippen molar-refractivity contribution in [2.75, 3.05) is 58.7 Å². The van der Waals surface area contributed by atoms with Crippen LogP contribution in [0, 0.1) is 0 Å². The van der Waals surface area contributed by atoms with Crippen molar-refractivity contribution in [3.8, 4) is 28.3 Å². The van der Waals surface area contributed by atoms with Crippen molar-refractivity contribution in [3.63, 3.8) is 0 Å². The number of hydrogen-bond acceptors (Lipinski definition) is 5. The van der Waals surface area contributed by atoms with Crippen molar-refractivity contribution in [1.29, 1.82) is 0 Å². The minimum absolute atomic E-state index is 0.117. The molecule has 0 aliphatic heterocycles. The normalized spacial score (nSPS) is 10.9. The van der Waals surface area contributed by atoms with Crippen LogP contribution in [-0.4, -0.2) is 64.0 Å². The summed E-state index contributed by atoms with van der Waals surface area (Å²) in [6.07, 6.45) is 0. The molecule has 1 N–H and O–H groups in total. The molecule has 1 heterocycles. The van der Waals surface area contributed by atoms with Crippen LogP contribution in [0.3, 0.4) is 0 Å². The maximum Gasteiger partial charge on any atom is 0.119 e. The summed E-state index contributed by atoms with van der Waals surface area (Å²) in [6, 6.07) is 18.2. The fraction of sp³-hybridized carbons (Fsp3) is 0.348. The average molecular weight is 413 g/mol. The van der Waals surface area contributed by atoms with E-state index in [0.29, 0.717) is 26.4 Å². The van der Waals surface area contributed by atoms with E-state index in [1.54, 1.807) is 0 Å². The molecule has 6 nitrogen and oxygen atoms in total. The summed E-state index contributed by atoms with van der Waals surface area (Å²) >= 11 is 0. The number of benzene rings is 2. The highest BCUT2D eigenvalue weighted by Gasteiger charge is 2.07. The standard InChI is InChI=1S/C23H28FN3O3/c1-27(2)20-7-3-18(4-8-20)22-17-23(26-25-22)19-5-9-21(10-6-19)30-16-15-29-14-13-28-12-11-24/h3-10,17H,11-16H2,1-2H3,(H,25,26). The lowest BCUT2D eigenvalue weighted by Gasteiger charge is -2.12. The Morgan fingerprint density at radius 3 is 2.13 bits per heavy atom. The van der Waals surface area contributed by atoms with E-state index in [1.165, 1.54) is 0 Å². The van der Waals surface area contributed by atoms with Gasteiger partial charge in [-0.05, 0) is 48.0 Å². The van der Waals surface area contributed by atoms with Crippen molar-refractivity contribution in [1.82, 2.24) is 10.2 Å². The molecule has 0 saturated heterocycles. The van der Waals surface area contributed by atoms with Crippen molar-refractivity contribution in [2.24, 2.45) is 0 Å². The Morgan fingerprint density at radius 2 is 1.47 bits per heavy atom. The van der Waals surface area contributed by atoms with Crippen LogP contribution in [0.25, 0.3) is 22.5 Å². The zero-order chi connectivity index (χ0) is 21.2. The van der Waals surface area contributed by atoms with E-state index in [9.17, 15) is 4.39 Å². The Morgan fingerprint density at radius 1 is 0.833 bits per heavy atom. The number of hydrogen-bond donors (Lipinski definition) is 1. The van der Waals surface area contributed by atoms with E-state index in [1.807, 2.05) is 44.4 Å².